The van der Waals surface area contributed by atoms with Crippen LogP contribution in [0.1, 0.15) is 0 Å². The molecule has 0 amide bonds. The van der Waals surface area contributed by atoms with Gasteiger partial charge in [0.15, 0.2) is 0 Å². The molecule has 0 fully saturated rings. The Hall–Kier alpha value is 0.0900. The number of hydrogen-bond acceptors (Lipinski definition) is 5. The van der Waals surface area contributed by atoms with Gasteiger partial charge in [-0.25, -0.2) is 0 Å². The zero-order valence-electron chi connectivity index (χ0n) is 6.03. The van der Waals surface area contributed by atoms with Crippen molar-refractivity contribution in [3.8, 4) is 0 Å². The Kier molecular flexibility index (Phi) is 6.83. The Bertz CT molecular complexity index is 123. The lowest BCUT2D eigenvalue weighted by Gasteiger charge is -2.03. The van der Waals surface area contributed by atoms with E-state index in [4.69, 9.17) is 16.6 Å². The minimum Gasteiger partial charge on any atom is -0.480 e. The molecular weight excluding hydrogens is 184 g/mol. The van der Waals surface area contributed by atoms with E-state index in [-0.39, 0.29) is 0 Å². The average Bonchev–Trinajstić information content (AvgIpc) is 1.97. The smallest absolute Gasteiger partial charge is 0.321 e. The van der Waals surface area contributed by atoms with Crippen LogP contribution in [0.4, 0.5) is 0 Å². The monoisotopic (exact) mass is 196 g/mol. The average molecular weight is 196 g/mol. The quantitative estimate of drug-likeness (QED) is 0.400. The summed E-state index contributed by atoms with van der Waals surface area (Å²) in [4.78, 5) is 10.2. The van der Waals surface area contributed by atoms with Crippen molar-refractivity contribution in [2.45, 2.75) is 6.04 Å². The van der Waals surface area contributed by atoms with E-state index in [1.807, 2.05) is 0 Å². The molecule has 5 N–H and O–H groups in total. The standard InChI is InChI=1S/C5H12N2O2S2/c6-1-2-10-11-3-4(7)5(8)9/h4H,1-3,6-7H2,(H,8,9)/t4-/m0/s1. The molecule has 11 heavy (non-hydrogen) atoms. The van der Waals surface area contributed by atoms with Gasteiger partial charge in [0.05, 0.1) is 0 Å². The maximum atomic E-state index is 10.2. The molecule has 0 unspecified atom stereocenters. The molecule has 0 saturated carbocycles. The second-order valence-corrected chi connectivity index (χ2v) is 4.47. The Morgan fingerprint density at radius 2 is 2.18 bits per heavy atom. The summed E-state index contributed by atoms with van der Waals surface area (Å²) in [6.07, 6.45) is 0. The van der Waals surface area contributed by atoms with Gasteiger partial charge in [-0.1, -0.05) is 21.6 Å². The molecule has 4 nitrogen and oxygen atoms in total. The van der Waals surface area contributed by atoms with Crippen LogP contribution >= 0.6 is 21.6 Å². The van der Waals surface area contributed by atoms with Gasteiger partial charge in [0.2, 0.25) is 0 Å². The molecule has 0 spiro atoms. The molecule has 0 bridgehead atoms. The van der Waals surface area contributed by atoms with Gasteiger partial charge in [-0.2, -0.15) is 0 Å². The maximum Gasteiger partial charge on any atom is 0.321 e. The predicted octanol–water partition coefficient (Wildman–Crippen LogP) is -0.262. The maximum absolute atomic E-state index is 10.2. The second-order valence-electron chi connectivity index (χ2n) is 1.84. The first-order valence-corrected chi connectivity index (χ1v) is 5.60. The Morgan fingerprint density at radius 1 is 1.55 bits per heavy atom. The summed E-state index contributed by atoms with van der Waals surface area (Å²) >= 11 is 0. The van der Waals surface area contributed by atoms with E-state index in [1.54, 1.807) is 10.8 Å². The minimum atomic E-state index is -0.953. The van der Waals surface area contributed by atoms with Crippen molar-refractivity contribution in [1.82, 2.24) is 0 Å². The number of carboxylic acids is 1. The Morgan fingerprint density at radius 3 is 2.64 bits per heavy atom. The zero-order chi connectivity index (χ0) is 8.69. The molecule has 0 heterocycles. The summed E-state index contributed by atoms with van der Waals surface area (Å²) in [5.74, 6) is 0.308. The SMILES string of the molecule is NCCSSC[C@H](N)C(=O)O. The van der Waals surface area contributed by atoms with Crippen molar-refractivity contribution in [3.63, 3.8) is 0 Å². The van der Waals surface area contributed by atoms with Crippen molar-refractivity contribution in [3.05, 3.63) is 0 Å². The van der Waals surface area contributed by atoms with Crippen molar-refractivity contribution in [1.29, 1.82) is 0 Å². The fourth-order valence-corrected chi connectivity index (χ4v) is 2.27. The lowest BCUT2D eigenvalue weighted by atomic mass is 10.4. The first-order valence-electron chi connectivity index (χ1n) is 3.11. The molecule has 6 heteroatoms. The highest BCUT2D eigenvalue weighted by atomic mass is 33.1. The second kappa shape index (κ2) is 6.78. The fraction of sp³-hybridized carbons (Fsp3) is 0.800. The normalized spacial score (nSPS) is 12.9. The summed E-state index contributed by atoms with van der Waals surface area (Å²) < 4.78 is 0. The molecule has 0 saturated heterocycles. The molecule has 1 atom stereocenters. The molecule has 0 aliphatic carbocycles. The van der Waals surface area contributed by atoms with Gasteiger partial charge in [0.25, 0.3) is 0 Å². The molecule has 0 aliphatic rings. The Labute approximate surface area is 73.5 Å². The van der Waals surface area contributed by atoms with Crippen LogP contribution in [0.3, 0.4) is 0 Å². The van der Waals surface area contributed by atoms with Crippen LogP contribution in [0.15, 0.2) is 0 Å². The van der Waals surface area contributed by atoms with Gasteiger partial charge in [-0.3, -0.25) is 4.79 Å². The third-order valence-corrected chi connectivity index (χ3v) is 3.32. The number of aliphatic carboxylic acids is 1. The third-order valence-electron chi connectivity index (χ3n) is 0.849. The van der Waals surface area contributed by atoms with Crippen LogP contribution < -0.4 is 11.5 Å². The summed E-state index contributed by atoms with van der Waals surface area (Å²) in [6.45, 7) is 0.611. The molecule has 0 radical (unpaired) electrons. The molecule has 66 valence electrons. The molecule has 0 aromatic heterocycles. The minimum absolute atomic E-state index is 0.431. The fourth-order valence-electron chi connectivity index (χ4n) is 0.300. The molecule has 0 aliphatic heterocycles. The highest BCUT2D eigenvalue weighted by molar-refractivity contribution is 8.76. The molecule has 0 rings (SSSR count). The number of nitrogens with two attached hydrogens (primary N) is 2. The summed E-state index contributed by atoms with van der Waals surface area (Å²) in [5.41, 5.74) is 10.5. The van der Waals surface area contributed by atoms with Crippen molar-refractivity contribution < 1.29 is 9.90 Å². The number of carbonyl (C=O) groups is 1. The van der Waals surface area contributed by atoms with Crippen LogP contribution in [0.2, 0.25) is 0 Å². The van der Waals surface area contributed by atoms with Crippen LogP contribution in [0.5, 0.6) is 0 Å². The topological polar surface area (TPSA) is 89.3 Å². The number of hydrogen-bond donors (Lipinski definition) is 3. The van der Waals surface area contributed by atoms with Crippen molar-refractivity contribution in [2.24, 2.45) is 11.5 Å². The number of carboxylic acid groups (broad SMARTS) is 1. The Balaban J connectivity index is 3.17. The molecule has 0 aromatic rings. The van der Waals surface area contributed by atoms with E-state index in [9.17, 15) is 4.79 Å². The first-order chi connectivity index (χ1) is 5.18. The van der Waals surface area contributed by atoms with Crippen LogP contribution in [-0.4, -0.2) is 35.2 Å². The predicted molar refractivity (Wildman–Crippen MR) is 49.6 cm³/mol. The summed E-state index contributed by atoms with van der Waals surface area (Å²) in [6, 6.07) is -0.759. The van der Waals surface area contributed by atoms with Gasteiger partial charge in [0.1, 0.15) is 6.04 Å². The van der Waals surface area contributed by atoms with Gasteiger partial charge in [0, 0.05) is 18.1 Å². The van der Waals surface area contributed by atoms with E-state index in [0.717, 1.165) is 5.75 Å². The first kappa shape index (κ1) is 11.1. The highest BCUT2D eigenvalue weighted by Gasteiger charge is 2.10. The summed E-state index contributed by atoms with van der Waals surface area (Å²) in [5, 5.41) is 8.37. The van der Waals surface area contributed by atoms with E-state index in [2.05, 4.69) is 0 Å². The number of rotatable bonds is 6. The zero-order valence-corrected chi connectivity index (χ0v) is 7.66. The van der Waals surface area contributed by atoms with Crippen molar-refractivity contribution in [2.75, 3.05) is 18.1 Å². The lowest BCUT2D eigenvalue weighted by molar-refractivity contribution is -0.137. The van der Waals surface area contributed by atoms with Gasteiger partial charge < -0.3 is 16.6 Å². The molecular formula is C5H12N2O2S2. The van der Waals surface area contributed by atoms with Gasteiger partial charge >= 0.3 is 5.97 Å². The highest BCUT2D eigenvalue weighted by Crippen LogP contribution is 2.20. The van der Waals surface area contributed by atoms with E-state index in [0.29, 0.717) is 12.3 Å². The van der Waals surface area contributed by atoms with E-state index >= 15 is 0 Å². The van der Waals surface area contributed by atoms with E-state index < -0.39 is 12.0 Å². The largest absolute Gasteiger partial charge is 0.480 e. The van der Waals surface area contributed by atoms with Gasteiger partial charge in [-0.15, -0.1) is 0 Å². The van der Waals surface area contributed by atoms with Crippen molar-refractivity contribution >= 4 is 27.6 Å². The lowest BCUT2D eigenvalue weighted by Crippen LogP contribution is -2.32. The van der Waals surface area contributed by atoms with E-state index in [1.165, 1.54) is 10.8 Å². The summed E-state index contributed by atoms with van der Waals surface area (Å²) in [7, 11) is 2.99. The third kappa shape index (κ3) is 6.49. The van der Waals surface area contributed by atoms with Gasteiger partial charge in [-0.05, 0) is 0 Å². The molecule has 0 aromatic carbocycles. The van der Waals surface area contributed by atoms with Crippen LogP contribution in [0.25, 0.3) is 0 Å². The van der Waals surface area contributed by atoms with Crippen LogP contribution in [-0.2, 0) is 4.79 Å². The van der Waals surface area contributed by atoms with Crippen LogP contribution in [0, 0.1) is 0 Å².